The SMILES string of the molecule is Cc1ccc(CNc2ccc(CC#N)cc2)cc1[N+](=O)[O-]. The quantitative estimate of drug-likeness (QED) is 0.671. The van der Waals surface area contributed by atoms with Gasteiger partial charge in [0.2, 0.25) is 0 Å². The Hall–Kier alpha value is -2.87. The molecule has 0 aliphatic rings. The van der Waals surface area contributed by atoms with Gasteiger partial charge in [-0.3, -0.25) is 10.1 Å². The normalized spacial score (nSPS) is 9.90. The first kappa shape index (κ1) is 14.5. The monoisotopic (exact) mass is 281 g/mol. The number of nitrogens with one attached hydrogen (secondary N) is 1. The van der Waals surface area contributed by atoms with E-state index in [1.165, 1.54) is 0 Å². The van der Waals surface area contributed by atoms with Crippen LogP contribution in [0, 0.1) is 28.4 Å². The Kier molecular flexibility index (Phi) is 4.52. The lowest BCUT2D eigenvalue weighted by atomic mass is 10.1. The highest BCUT2D eigenvalue weighted by Gasteiger charge is 2.10. The molecule has 0 aliphatic carbocycles. The highest BCUT2D eigenvalue weighted by atomic mass is 16.6. The fourth-order valence-corrected chi connectivity index (χ4v) is 2.00. The van der Waals surface area contributed by atoms with Crippen LogP contribution in [0.25, 0.3) is 0 Å². The van der Waals surface area contributed by atoms with Gasteiger partial charge in [-0.05, 0) is 30.2 Å². The van der Waals surface area contributed by atoms with E-state index in [-0.39, 0.29) is 10.6 Å². The fourth-order valence-electron chi connectivity index (χ4n) is 2.00. The summed E-state index contributed by atoms with van der Waals surface area (Å²) in [4.78, 5) is 10.5. The van der Waals surface area contributed by atoms with Gasteiger partial charge in [0, 0.05) is 23.9 Å². The van der Waals surface area contributed by atoms with Gasteiger partial charge in [-0.1, -0.05) is 24.3 Å². The average Bonchev–Trinajstić information content (AvgIpc) is 2.48. The maximum absolute atomic E-state index is 10.9. The number of nitrogens with zero attached hydrogens (tertiary/aromatic N) is 2. The highest BCUT2D eigenvalue weighted by molar-refractivity contribution is 5.47. The van der Waals surface area contributed by atoms with Crippen LogP contribution in [0.3, 0.4) is 0 Å². The van der Waals surface area contributed by atoms with Gasteiger partial charge in [0.25, 0.3) is 5.69 Å². The van der Waals surface area contributed by atoms with E-state index in [0.29, 0.717) is 18.5 Å². The lowest BCUT2D eigenvalue weighted by Crippen LogP contribution is -2.01. The summed E-state index contributed by atoms with van der Waals surface area (Å²) in [5, 5.41) is 22.7. The van der Waals surface area contributed by atoms with Crippen LogP contribution in [0.15, 0.2) is 42.5 Å². The minimum atomic E-state index is -0.366. The van der Waals surface area contributed by atoms with Crippen LogP contribution in [0.4, 0.5) is 11.4 Å². The lowest BCUT2D eigenvalue weighted by Gasteiger charge is -2.08. The number of rotatable bonds is 5. The van der Waals surface area contributed by atoms with E-state index >= 15 is 0 Å². The maximum atomic E-state index is 10.9. The second-order valence-corrected chi connectivity index (χ2v) is 4.76. The first-order valence-corrected chi connectivity index (χ1v) is 6.54. The minimum Gasteiger partial charge on any atom is -0.381 e. The predicted octanol–water partition coefficient (Wildman–Crippen LogP) is 3.58. The molecule has 0 unspecified atom stereocenters. The van der Waals surface area contributed by atoms with Crippen molar-refractivity contribution in [2.24, 2.45) is 0 Å². The standard InChI is InChI=1S/C16H15N3O2/c1-12-2-3-14(10-16(12)19(20)21)11-18-15-6-4-13(5-7-15)8-9-17/h2-7,10,18H,8,11H2,1H3. The molecule has 106 valence electrons. The Morgan fingerprint density at radius 2 is 1.86 bits per heavy atom. The molecule has 0 bridgehead atoms. The fraction of sp³-hybridized carbons (Fsp3) is 0.188. The Labute approximate surface area is 123 Å². The molecule has 0 fully saturated rings. The van der Waals surface area contributed by atoms with Crippen molar-refractivity contribution in [2.75, 3.05) is 5.32 Å². The number of nitriles is 1. The Morgan fingerprint density at radius 3 is 2.48 bits per heavy atom. The Balaban J connectivity index is 2.04. The third kappa shape index (κ3) is 3.80. The number of nitro groups is 1. The van der Waals surface area contributed by atoms with Crippen molar-refractivity contribution in [1.82, 2.24) is 0 Å². The molecule has 0 aliphatic heterocycles. The first-order chi connectivity index (χ1) is 10.1. The van der Waals surface area contributed by atoms with Crippen LogP contribution in [0.2, 0.25) is 0 Å². The number of nitro benzene ring substituents is 1. The molecule has 2 rings (SSSR count). The van der Waals surface area contributed by atoms with Crippen LogP contribution in [-0.2, 0) is 13.0 Å². The van der Waals surface area contributed by atoms with Crippen molar-refractivity contribution in [1.29, 1.82) is 5.26 Å². The zero-order chi connectivity index (χ0) is 15.2. The van der Waals surface area contributed by atoms with Crippen molar-refractivity contribution in [2.45, 2.75) is 19.9 Å². The number of anilines is 1. The second-order valence-electron chi connectivity index (χ2n) is 4.76. The van der Waals surface area contributed by atoms with Gasteiger partial charge in [-0.15, -0.1) is 0 Å². The number of benzene rings is 2. The number of hydrogen-bond acceptors (Lipinski definition) is 4. The molecular formula is C16H15N3O2. The molecule has 0 spiro atoms. The summed E-state index contributed by atoms with van der Waals surface area (Å²) in [7, 11) is 0. The van der Waals surface area contributed by atoms with Crippen LogP contribution in [0.5, 0.6) is 0 Å². The van der Waals surface area contributed by atoms with E-state index in [1.54, 1.807) is 19.1 Å². The maximum Gasteiger partial charge on any atom is 0.272 e. The average molecular weight is 281 g/mol. The molecule has 5 heteroatoms. The third-order valence-corrected chi connectivity index (χ3v) is 3.20. The van der Waals surface area contributed by atoms with Gasteiger partial charge >= 0.3 is 0 Å². The highest BCUT2D eigenvalue weighted by Crippen LogP contribution is 2.20. The molecule has 0 saturated carbocycles. The van der Waals surface area contributed by atoms with Crippen LogP contribution in [0.1, 0.15) is 16.7 Å². The lowest BCUT2D eigenvalue weighted by molar-refractivity contribution is -0.385. The second kappa shape index (κ2) is 6.53. The van der Waals surface area contributed by atoms with E-state index in [9.17, 15) is 10.1 Å². The molecule has 0 atom stereocenters. The molecule has 0 saturated heterocycles. The van der Waals surface area contributed by atoms with Gasteiger partial charge in [-0.2, -0.15) is 5.26 Å². The summed E-state index contributed by atoms with van der Waals surface area (Å²) in [5.41, 5.74) is 3.53. The summed E-state index contributed by atoms with van der Waals surface area (Å²) in [6.07, 6.45) is 0.393. The summed E-state index contributed by atoms with van der Waals surface area (Å²) < 4.78 is 0. The molecule has 5 nitrogen and oxygen atoms in total. The molecule has 2 aromatic carbocycles. The van der Waals surface area contributed by atoms with E-state index < -0.39 is 0 Å². The van der Waals surface area contributed by atoms with Gasteiger partial charge in [-0.25, -0.2) is 0 Å². The van der Waals surface area contributed by atoms with E-state index in [2.05, 4.69) is 11.4 Å². The zero-order valence-electron chi connectivity index (χ0n) is 11.7. The van der Waals surface area contributed by atoms with Crippen LogP contribution < -0.4 is 5.32 Å². The van der Waals surface area contributed by atoms with E-state index in [1.807, 2.05) is 30.3 Å². The Morgan fingerprint density at radius 1 is 1.19 bits per heavy atom. The van der Waals surface area contributed by atoms with Crippen LogP contribution in [-0.4, -0.2) is 4.92 Å². The van der Waals surface area contributed by atoms with Gasteiger partial charge in [0.1, 0.15) is 0 Å². The molecule has 0 heterocycles. The Bertz CT molecular complexity index is 688. The van der Waals surface area contributed by atoms with Gasteiger partial charge in [0.15, 0.2) is 0 Å². The molecule has 0 aromatic heterocycles. The minimum absolute atomic E-state index is 0.138. The van der Waals surface area contributed by atoms with Crippen molar-refractivity contribution >= 4 is 11.4 Å². The molecular weight excluding hydrogens is 266 g/mol. The van der Waals surface area contributed by atoms with Crippen molar-refractivity contribution < 1.29 is 4.92 Å². The largest absolute Gasteiger partial charge is 0.381 e. The summed E-state index contributed by atoms with van der Waals surface area (Å²) >= 11 is 0. The summed E-state index contributed by atoms with van der Waals surface area (Å²) in [6.45, 7) is 2.24. The van der Waals surface area contributed by atoms with Crippen molar-refractivity contribution in [3.05, 3.63) is 69.3 Å². The van der Waals surface area contributed by atoms with E-state index in [0.717, 1.165) is 16.8 Å². The van der Waals surface area contributed by atoms with Crippen molar-refractivity contribution in [3.63, 3.8) is 0 Å². The van der Waals surface area contributed by atoms with Crippen molar-refractivity contribution in [3.8, 4) is 6.07 Å². The predicted molar refractivity (Wildman–Crippen MR) is 80.9 cm³/mol. The molecule has 1 N–H and O–H groups in total. The molecule has 0 radical (unpaired) electrons. The summed E-state index contributed by atoms with van der Waals surface area (Å²) in [6, 6.07) is 14.9. The molecule has 21 heavy (non-hydrogen) atoms. The third-order valence-electron chi connectivity index (χ3n) is 3.20. The topological polar surface area (TPSA) is 79.0 Å². The molecule has 2 aromatic rings. The molecule has 0 amide bonds. The first-order valence-electron chi connectivity index (χ1n) is 6.54. The van der Waals surface area contributed by atoms with E-state index in [4.69, 9.17) is 5.26 Å². The van der Waals surface area contributed by atoms with Gasteiger partial charge < -0.3 is 5.32 Å². The number of hydrogen-bond donors (Lipinski definition) is 1. The van der Waals surface area contributed by atoms with Crippen LogP contribution >= 0.6 is 0 Å². The van der Waals surface area contributed by atoms with Gasteiger partial charge in [0.05, 0.1) is 17.4 Å². The number of aryl methyl sites for hydroxylation is 1. The zero-order valence-corrected chi connectivity index (χ0v) is 11.7. The summed E-state index contributed by atoms with van der Waals surface area (Å²) in [5.74, 6) is 0. The smallest absolute Gasteiger partial charge is 0.272 e.